The van der Waals surface area contributed by atoms with Crippen LogP contribution in [0, 0.1) is 5.82 Å². The maximum absolute atomic E-state index is 13.4. The van der Waals surface area contributed by atoms with Crippen LogP contribution in [0.3, 0.4) is 0 Å². The van der Waals surface area contributed by atoms with Crippen molar-refractivity contribution in [1.29, 1.82) is 0 Å². The lowest BCUT2D eigenvalue weighted by molar-refractivity contribution is -0.136. The summed E-state index contributed by atoms with van der Waals surface area (Å²) in [5.74, 6) is -1.52. The molecule has 0 radical (unpaired) electrons. The Morgan fingerprint density at radius 1 is 1.11 bits per heavy atom. The van der Waals surface area contributed by atoms with Crippen molar-refractivity contribution in [2.24, 2.45) is 0 Å². The average Bonchev–Trinajstić information content (AvgIpc) is 3.20. The second-order valence-corrected chi connectivity index (χ2v) is 6.63. The largest absolute Gasteiger partial charge is 0.459 e. The third kappa shape index (κ3) is 3.30. The molecule has 140 valence electrons. The number of halogens is 1. The quantitative estimate of drug-likeness (QED) is 0.873. The minimum atomic E-state index is -0.637. The van der Waals surface area contributed by atoms with Gasteiger partial charge in [0.1, 0.15) is 5.82 Å². The molecule has 2 aliphatic rings. The monoisotopic (exact) mass is 371 g/mol. The lowest BCUT2D eigenvalue weighted by Gasteiger charge is -2.37. The van der Waals surface area contributed by atoms with E-state index < -0.39 is 11.7 Å². The van der Waals surface area contributed by atoms with E-state index in [0.29, 0.717) is 37.4 Å². The number of hydrogen-bond donors (Lipinski definition) is 1. The fourth-order valence-electron chi connectivity index (χ4n) is 3.56. The molecule has 3 heterocycles. The van der Waals surface area contributed by atoms with Gasteiger partial charge in [-0.1, -0.05) is 6.07 Å². The molecule has 4 rings (SSSR count). The normalized spacial score (nSPS) is 19.4. The number of carbonyl (C=O) groups excluding carboxylic acids is 3. The molecule has 27 heavy (non-hydrogen) atoms. The van der Waals surface area contributed by atoms with Gasteiger partial charge in [-0.05, 0) is 29.8 Å². The van der Waals surface area contributed by atoms with Crippen molar-refractivity contribution in [3.63, 3.8) is 0 Å². The molecule has 0 unspecified atom stereocenters. The summed E-state index contributed by atoms with van der Waals surface area (Å²) in [6.07, 6.45) is 1.48. The number of piperazine rings is 1. The van der Waals surface area contributed by atoms with Crippen LogP contribution in [0.2, 0.25) is 0 Å². The molecule has 2 aromatic rings. The molecule has 1 N–H and O–H groups in total. The number of amides is 3. The van der Waals surface area contributed by atoms with Gasteiger partial charge in [-0.15, -0.1) is 0 Å². The number of hydrogen-bond acceptors (Lipinski definition) is 4. The number of anilines is 1. The summed E-state index contributed by atoms with van der Waals surface area (Å²) < 4.78 is 18.6. The summed E-state index contributed by atoms with van der Waals surface area (Å²) in [5.41, 5.74) is 0.964. The molecule has 0 aliphatic carbocycles. The molecule has 1 fully saturated rings. The Balaban J connectivity index is 1.46. The van der Waals surface area contributed by atoms with Crippen LogP contribution in [0.5, 0.6) is 0 Å². The van der Waals surface area contributed by atoms with E-state index in [2.05, 4.69) is 5.32 Å². The van der Waals surface area contributed by atoms with Gasteiger partial charge in [0.15, 0.2) is 5.76 Å². The Hall–Kier alpha value is -3.16. The molecule has 1 atom stereocenters. The van der Waals surface area contributed by atoms with Gasteiger partial charge in [0.25, 0.3) is 5.91 Å². The average molecular weight is 371 g/mol. The predicted octanol–water partition coefficient (Wildman–Crippen LogP) is 1.83. The van der Waals surface area contributed by atoms with E-state index in [1.165, 1.54) is 18.4 Å². The summed E-state index contributed by atoms with van der Waals surface area (Å²) in [4.78, 5) is 40.5. The lowest BCUT2D eigenvalue weighted by atomic mass is 9.89. The number of nitrogens with zero attached hydrogens (tertiary/aromatic N) is 2. The number of carbonyl (C=O) groups is 3. The maximum Gasteiger partial charge on any atom is 0.289 e. The predicted molar refractivity (Wildman–Crippen MR) is 93.6 cm³/mol. The highest BCUT2D eigenvalue weighted by Crippen LogP contribution is 2.34. The zero-order valence-electron chi connectivity index (χ0n) is 14.5. The van der Waals surface area contributed by atoms with Crippen molar-refractivity contribution < 1.29 is 23.2 Å². The van der Waals surface area contributed by atoms with Crippen LogP contribution >= 0.6 is 0 Å². The number of furan rings is 1. The fraction of sp³-hybridized carbons (Fsp3) is 0.316. The molecule has 1 aromatic carbocycles. The highest BCUT2D eigenvalue weighted by molar-refractivity contribution is 6.01. The Labute approximate surface area is 154 Å². The van der Waals surface area contributed by atoms with E-state index in [4.69, 9.17) is 4.42 Å². The van der Waals surface area contributed by atoms with Crippen LogP contribution in [-0.4, -0.2) is 53.7 Å². The van der Waals surface area contributed by atoms with Gasteiger partial charge in [0, 0.05) is 38.3 Å². The second-order valence-electron chi connectivity index (χ2n) is 6.63. The zero-order chi connectivity index (χ0) is 19.0. The van der Waals surface area contributed by atoms with E-state index in [9.17, 15) is 18.8 Å². The van der Waals surface area contributed by atoms with Crippen molar-refractivity contribution in [2.75, 3.05) is 31.5 Å². The van der Waals surface area contributed by atoms with E-state index in [1.807, 2.05) is 0 Å². The molecule has 0 spiro atoms. The number of fused-ring (bicyclic) bond motifs is 1. The van der Waals surface area contributed by atoms with Gasteiger partial charge >= 0.3 is 0 Å². The number of nitrogens with one attached hydrogen (secondary N) is 1. The smallest absolute Gasteiger partial charge is 0.289 e. The highest BCUT2D eigenvalue weighted by Gasteiger charge is 2.35. The lowest BCUT2D eigenvalue weighted by Crippen LogP contribution is -2.52. The third-order valence-corrected chi connectivity index (χ3v) is 4.96. The molecule has 1 aromatic heterocycles. The van der Waals surface area contributed by atoms with Crippen LogP contribution < -0.4 is 5.32 Å². The first-order valence-corrected chi connectivity index (χ1v) is 8.74. The van der Waals surface area contributed by atoms with Crippen molar-refractivity contribution >= 4 is 23.4 Å². The second kappa shape index (κ2) is 6.86. The first-order chi connectivity index (χ1) is 13.0. The van der Waals surface area contributed by atoms with Gasteiger partial charge in [-0.25, -0.2) is 4.39 Å². The Kier molecular flexibility index (Phi) is 4.39. The molecular weight excluding hydrogens is 353 g/mol. The zero-order valence-corrected chi connectivity index (χ0v) is 14.5. The fourth-order valence-corrected chi connectivity index (χ4v) is 3.56. The molecular formula is C19H18FN3O4. The Bertz CT molecular complexity index is 888. The van der Waals surface area contributed by atoms with Crippen molar-refractivity contribution in [3.05, 3.63) is 53.7 Å². The Morgan fingerprint density at radius 2 is 1.85 bits per heavy atom. The van der Waals surface area contributed by atoms with Crippen LogP contribution in [0.15, 0.2) is 41.0 Å². The maximum atomic E-state index is 13.4. The van der Waals surface area contributed by atoms with Crippen molar-refractivity contribution in [2.45, 2.75) is 12.3 Å². The summed E-state index contributed by atoms with van der Waals surface area (Å²) in [7, 11) is 0. The topological polar surface area (TPSA) is 82.9 Å². The van der Waals surface area contributed by atoms with E-state index in [-0.39, 0.29) is 29.9 Å². The van der Waals surface area contributed by atoms with E-state index in [1.54, 1.807) is 28.0 Å². The van der Waals surface area contributed by atoms with Crippen LogP contribution in [-0.2, 0) is 9.59 Å². The van der Waals surface area contributed by atoms with Crippen LogP contribution in [0.4, 0.5) is 10.1 Å². The van der Waals surface area contributed by atoms with Gasteiger partial charge in [-0.2, -0.15) is 0 Å². The van der Waals surface area contributed by atoms with E-state index >= 15 is 0 Å². The summed E-state index contributed by atoms with van der Waals surface area (Å²) in [6, 6.07) is 7.32. The molecule has 7 nitrogen and oxygen atoms in total. The summed E-state index contributed by atoms with van der Waals surface area (Å²) in [6.45, 7) is 1.53. The SMILES string of the molecule is O=C1C[C@@H](C(=O)N2CCN(C(=O)c3ccco3)CC2)c2ccc(F)cc2N1. The van der Waals surface area contributed by atoms with Gasteiger partial charge in [0.2, 0.25) is 11.8 Å². The third-order valence-electron chi connectivity index (χ3n) is 4.96. The minimum Gasteiger partial charge on any atom is -0.459 e. The summed E-state index contributed by atoms with van der Waals surface area (Å²) in [5, 5.41) is 2.61. The first-order valence-electron chi connectivity index (χ1n) is 8.74. The van der Waals surface area contributed by atoms with E-state index in [0.717, 1.165) is 0 Å². The molecule has 8 heteroatoms. The molecule has 0 saturated carbocycles. The standard InChI is InChI=1S/C19H18FN3O4/c20-12-3-4-13-14(11-17(24)21-15(13)10-12)18(25)22-5-7-23(8-6-22)19(26)16-2-1-9-27-16/h1-4,9-10,14H,5-8,11H2,(H,21,24)/t14-/m1/s1. The van der Waals surface area contributed by atoms with Crippen LogP contribution in [0.1, 0.15) is 28.5 Å². The van der Waals surface area contributed by atoms with Gasteiger partial charge in [0.05, 0.1) is 12.2 Å². The molecule has 1 saturated heterocycles. The minimum absolute atomic E-state index is 0.0308. The molecule has 2 aliphatic heterocycles. The van der Waals surface area contributed by atoms with Crippen molar-refractivity contribution in [3.8, 4) is 0 Å². The number of rotatable bonds is 2. The van der Waals surface area contributed by atoms with Gasteiger partial charge in [-0.3, -0.25) is 14.4 Å². The summed E-state index contributed by atoms with van der Waals surface area (Å²) >= 11 is 0. The number of benzene rings is 1. The van der Waals surface area contributed by atoms with Gasteiger partial charge < -0.3 is 19.5 Å². The first kappa shape index (κ1) is 17.3. The highest BCUT2D eigenvalue weighted by atomic mass is 19.1. The van der Waals surface area contributed by atoms with Crippen molar-refractivity contribution in [1.82, 2.24) is 9.80 Å². The van der Waals surface area contributed by atoms with Crippen LogP contribution in [0.25, 0.3) is 0 Å². The Morgan fingerprint density at radius 3 is 2.56 bits per heavy atom. The molecule has 0 bridgehead atoms. The molecule has 3 amide bonds.